The van der Waals surface area contributed by atoms with Crippen LogP contribution in [0.2, 0.25) is 0 Å². The van der Waals surface area contributed by atoms with E-state index in [0.717, 1.165) is 25.7 Å². The van der Waals surface area contributed by atoms with E-state index in [1.807, 2.05) is 6.92 Å². The maximum absolute atomic E-state index is 12.6. The number of sulfonamides is 1. The molecular weight excluding hydrogens is 386 g/mol. The molecule has 1 aromatic carbocycles. The molecule has 1 aliphatic carbocycles. The summed E-state index contributed by atoms with van der Waals surface area (Å²) in [5.41, 5.74) is 6.49. The zero-order chi connectivity index (χ0) is 19.6. The van der Waals surface area contributed by atoms with Crippen LogP contribution < -0.4 is 15.8 Å². The number of halogens is 1. The van der Waals surface area contributed by atoms with Crippen molar-refractivity contribution in [2.24, 2.45) is 11.7 Å². The second-order valence-electron chi connectivity index (χ2n) is 8.60. The molecule has 0 heterocycles. The molecule has 1 aromatic rings. The summed E-state index contributed by atoms with van der Waals surface area (Å²) in [7, 11) is -3.46. The quantitative estimate of drug-likeness (QED) is 0.684. The van der Waals surface area contributed by atoms with E-state index in [9.17, 15) is 13.2 Å². The van der Waals surface area contributed by atoms with E-state index >= 15 is 0 Å². The molecule has 1 amide bonds. The van der Waals surface area contributed by atoms with Crippen molar-refractivity contribution in [1.82, 2.24) is 4.72 Å². The van der Waals surface area contributed by atoms with E-state index in [4.69, 9.17) is 5.73 Å². The maximum atomic E-state index is 12.6. The molecule has 0 spiro atoms. The van der Waals surface area contributed by atoms with E-state index in [1.165, 1.54) is 0 Å². The first-order valence-electron chi connectivity index (χ1n) is 9.08. The van der Waals surface area contributed by atoms with Gasteiger partial charge in [-0.05, 0) is 58.2 Å². The van der Waals surface area contributed by atoms with E-state index in [1.54, 1.807) is 45.0 Å². The first kappa shape index (κ1) is 23.9. The van der Waals surface area contributed by atoms with Crippen LogP contribution in [0.25, 0.3) is 0 Å². The Hall–Kier alpha value is -1.15. The van der Waals surface area contributed by atoms with E-state index < -0.39 is 21.1 Å². The number of nitrogens with one attached hydrogen (secondary N) is 2. The molecule has 154 valence electrons. The van der Waals surface area contributed by atoms with Gasteiger partial charge in [-0.15, -0.1) is 12.4 Å². The fourth-order valence-electron chi connectivity index (χ4n) is 3.48. The average molecular weight is 418 g/mol. The highest BCUT2D eigenvalue weighted by atomic mass is 35.5. The third kappa shape index (κ3) is 7.41. The van der Waals surface area contributed by atoms with Crippen molar-refractivity contribution in [2.45, 2.75) is 70.2 Å². The molecule has 1 fully saturated rings. The number of nitrogens with two attached hydrogens (primary N) is 1. The molecule has 8 heteroatoms. The number of carbonyl (C=O) groups excluding carboxylic acids is 1. The minimum absolute atomic E-state index is 0. The summed E-state index contributed by atoms with van der Waals surface area (Å²) in [6, 6.07) is 6.96. The van der Waals surface area contributed by atoms with E-state index in [2.05, 4.69) is 10.0 Å². The Morgan fingerprint density at radius 3 is 2.56 bits per heavy atom. The molecule has 0 saturated heterocycles. The van der Waals surface area contributed by atoms with Crippen molar-refractivity contribution >= 4 is 34.0 Å². The molecule has 0 aliphatic heterocycles. The summed E-state index contributed by atoms with van der Waals surface area (Å²) >= 11 is 0. The lowest BCUT2D eigenvalue weighted by Crippen LogP contribution is -2.51. The fraction of sp³-hybridized carbons (Fsp3) is 0.632. The summed E-state index contributed by atoms with van der Waals surface area (Å²) in [4.78, 5) is 12.6. The van der Waals surface area contributed by atoms with Crippen LogP contribution in [0.5, 0.6) is 0 Å². The predicted octanol–water partition coefficient (Wildman–Crippen LogP) is 3.17. The van der Waals surface area contributed by atoms with Crippen LogP contribution in [-0.2, 0) is 20.6 Å². The predicted molar refractivity (Wildman–Crippen MR) is 112 cm³/mol. The lowest BCUT2D eigenvalue weighted by Gasteiger charge is -2.37. The Balaban J connectivity index is 0.00000364. The zero-order valence-electron chi connectivity index (χ0n) is 16.5. The third-order valence-corrected chi connectivity index (χ3v) is 6.22. The molecule has 0 bridgehead atoms. The number of benzene rings is 1. The van der Waals surface area contributed by atoms with Crippen LogP contribution >= 0.6 is 12.4 Å². The van der Waals surface area contributed by atoms with Crippen LogP contribution in [0, 0.1) is 5.92 Å². The van der Waals surface area contributed by atoms with Crippen molar-refractivity contribution in [3.05, 3.63) is 29.8 Å². The number of hydrogen-bond donors (Lipinski definition) is 3. The fourth-order valence-corrected chi connectivity index (χ4v) is 5.10. The third-order valence-electron chi connectivity index (χ3n) is 4.58. The Morgan fingerprint density at radius 1 is 1.30 bits per heavy atom. The van der Waals surface area contributed by atoms with Gasteiger partial charge in [0.15, 0.2) is 0 Å². The van der Waals surface area contributed by atoms with Gasteiger partial charge < -0.3 is 11.1 Å². The number of amides is 1. The Kier molecular flexibility index (Phi) is 7.88. The summed E-state index contributed by atoms with van der Waals surface area (Å²) in [5, 5.41) is 2.91. The Morgan fingerprint density at radius 2 is 1.96 bits per heavy atom. The number of hydrogen-bond acceptors (Lipinski definition) is 4. The standard InChI is InChI=1S/C19H31N3O3S.ClH/c1-18(2,3)22-26(24,25)13-14-8-7-9-15(12-14)21-17(23)16-10-5-6-11-19(16,4)20;/h7-9,12,16,22H,5-6,10-11,13,20H2,1-4H3,(H,21,23);1H. The molecule has 2 atom stereocenters. The molecule has 6 nitrogen and oxygen atoms in total. The van der Waals surface area contributed by atoms with Gasteiger partial charge >= 0.3 is 0 Å². The van der Waals surface area contributed by atoms with Gasteiger partial charge in [0.1, 0.15) is 0 Å². The molecular formula is C19H32ClN3O3S. The Labute approximate surface area is 169 Å². The summed E-state index contributed by atoms with van der Waals surface area (Å²) in [5.74, 6) is -0.458. The lowest BCUT2D eigenvalue weighted by molar-refractivity contribution is -0.122. The largest absolute Gasteiger partial charge is 0.326 e. The van der Waals surface area contributed by atoms with E-state index in [0.29, 0.717) is 11.3 Å². The monoisotopic (exact) mass is 417 g/mol. The van der Waals surface area contributed by atoms with Gasteiger partial charge in [0.2, 0.25) is 15.9 Å². The number of rotatable bonds is 5. The minimum Gasteiger partial charge on any atom is -0.326 e. The smallest absolute Gasteiger partial charge is 0.229 e. The zero-order valence-corrected chi connectivity index (χ0v) is 18.2. The van der Waals surface area contributed by atoms with Crippen molar-refractivity contribution in [3.8, 4) is 0 Å². The minimum atomic E-state index is -3.46. The van der Waals surface area contributed by atoms with Crippen molar-refractivity contribution in [2.75, 3.05) is 5.32 Å². The highest BCUT2D eigenvalue weighted by Crippen LogP contribution is 2.32. The van der Waals surface area contributed by atoms with Gasteiger partial charge in [0.05, 0.1) is 11.7 Å². The second kappa shape index (κ2) is 8.90. The molecule has 4 N–H and O–H groups in total. The van der Waals surface area contributed by atoms with Gasteiger partial charge in [-0.2, -0.15) is 0 Å². The highest BCUT2D eigenvalue weighted by molar-refractivity contribution is 7.88. The normalized spacial score (nSPS) is 23.4. The SMILES string of the molecule is CC(C)(C)NS(=O)(=O)Cc1cccc(NC(=O)C2CCCCC2(C)N)c1.Cl. The molecule has 2 rings (SSSR count). The highest BCUT2D eigenvalue weighted by Gasteiger charge is 2.37. The summed E-state index contributed by atoms with van der Waals surface area (Å²) < 4.78 is 27.2. The molecule has 1 saturated carbocycles. The lowest BCUT2D eigenvalue weighted by atomic mass is 9.74. The molecule has 0 radical (unpaired) electrons. The topological polar surface area (TPSA) is 101 Å². The maximum Gasteiger partial charge on any atom is 0.229 e. The van der Waals surface area contributed by atoms with Crippen LogP contribution in [0.4, 0.5) is 5.69 Å². The van der Waals surface area contributed by atoms with Gasteiger partial charge in [0.25, 0.3) is 0 Å². The van der Waals surface area contributed by atoms with Gasteiger partial charge in [-0.3, -0.25) is 4.79 Å². The van der Waals surface area contributed by atoms with Crippen LogP contribution in [0.15, 0.2) is 24.3 Å². The van der Waals surface area contributed by atoms with Crippen LogP contribution in [0.3, 0.4) is 0 Å². The van der Waals surface area contributed by atoms with Gasteiger partial charge in [-0.25, -0.2) is 13.1 Å². The molecule has 27 heavy (non-hydrogen) atoms. The van der Waals surface area contributed by atoms with Crippen molar-refractivity contribution in [3.63, 3.8) is 0 Å². The molecule has 1 aliphatic rings. The number of anilines is 1. The average Bonchev–Trinajstić information content (AvgIpc) is 2.43. The Bertz CT molecular complexity index is 758. The van der Waals surface area contributed by atoms with Crippen LogP contribution in [0.1, 0.15) is 58.9 Å². The van der Waals surface area contributed by atoms with E-state index in [-0.39, 0.29) is 30.0 Å². The van der Waals surface area contributed by atoms with Gasteiger partial charge in [-0.1, -0.05) is 25.0 Å². The summed E-state index contributed by atoms with van der Waals surface area (Å²) in [6.45, 7) is 7.33. The second-order valence-corrected chi connectivity index (χ2v) is 10.3. The molecule has 0 aromatic heterocycles. The van der Waals surface area contributed by atoms with Crippen molar-refractivity contribution < 1.29 is 13.2 Å². The first-order chi connectivity index (χ1) is 11.9. The summed E-state index contributed by atoms with van der Waals surface area (Å²) in [6.07, 6.45) is 3.66. The molecule has 2 unspecified atom stereocenters. The number of carbonyl (C=O) groups is 1. The van der Waals surface area contributed by atoms with Crippen molar-refractivity contribution in [1.29, 1.82) is 0 Å². The van der Waals surface area contributed by atoms with Gasteiger partial charge in [0, 0.05) is 16.8 Å². The van der Waals surface area contributed by atoms with Crippen LogP contribution in [-0.4, -0.2) is 25.4 Å². The first-order valence-corrected chi connectivity index (χ1v) is 10.7.